The molecule has 4 nitrogen and oxygen atoms in total. The van der Waals surface area contributed by atoms with Gasteiger partial charge >= 0.3 is 0 Å². The van der Waals surface area contributed by atoms with Gasteiger partial charge in [0.1, 0.15) is 16.5 Å². The Kier molecular flexibility index (Phi) is 6.51. The molecule has 0 bridgehead atoms. The predicted octanol–water partition coefficient (Wildman–Crippen LogP) is 4.07. The summed E-state index contributed by atoms with van der Waals surface area (Å²) in [6, 6.07) is 7.92. The fourth-order valence-corrected chi connectivity index (χ4v) is 5.70. The Morgan fingerprint density at radius 2 is 1.76 bits per heavy atom. The van der Waals surface area contributed by atoms with Crippen LogP contribution in [0, 0.1) is 11.6 Å². The van der Waals surface area contributed by atoms with Crippen molar-refractivity contribution in [2.75, 3.05) is 31.1 Å². The number of piperidine rings is 1. The Morgan fingerprint density at radius 1 is 1.03 bits per heavy atom. The van der Waals surface area contributed by atoms with Gasteiger partial charge in [0.2, 0.25) is 9.84 Å². The summed E-state index contributed by atoms with van der Waals surface area (Å²) in [6.45, 7) is 6.27. The molecule has 1 saturated heterocycles. The topological polar surface area (TPSA) is 40.6 Å². The van der Waals surface area contributed by atoms with Gasteiger partial charge in [0.25, 0.3) is 0 Å². The van der Waals surface area contributed by atoms with Crippen LogP contribution in [0.25, 0.3) is 0 Å². The lowest BCUT2D eigenvalue weighted by Crippen LogP contribution is -2.44. The van der Waals surface area contributed by atoms with E-state index in [1.807, 2.05) is 6.07 Å². The summed E-state index contributed by atoms with van der Waals surface area (Å²) < 4.78 is 53.2. The Morgan fingerprint density at radius 3 is 2.45 bits per heavy atom. The van der Waals surface area contributed by atoms with E-state index in [9.17, 15) is 17.2 Å². The Labute approximate surface area is 176 Å². The van der Waals surface area contributed by atoms with E-state index in [4.69, 9.17) is 0 Å². The second-order valence-corrected chi connectivity index (χ2v) is 9.40. The normalized spacial score (nSPS) is 17.8. The van der Waals surface area contributed by atoms with Gasteiger partial charge in [-0.05, 0) is 67.8 Å². The smallest absolute Gasteiger partial charge is 0.209 e. The van der Waals surface area contributed by atoms with Crippen molar-refractivity contribution in [2.24, 2.45) is 0 Å². The molecule has 0 radical (unpaired) electrons. The van der Waals surface area contributed by atoms with Crippen molar-refractivity contribution in [3.05, 3.63) is 53.6 Å². The molecule has 0 N–H and O–H groups in total. The second-order valence-electron chi connectivity index (χ2n) is 7.48. The zero-order valence-corrected chi connectivity index (χ0v) is 17.9. The molecule has 1 fully saturated rings. The molecule has 0 amide bonds. The predicted molar refractivity (Wildman–Crippen MR) is 112 cm³/mol. The summed E-state index contributed by atoms with van der Waals surface area (Å²) in [5.74, 6) is -1.71. The number of nitrogens with zero attached hydrogens (tertiary/aromatic N) is 2. The highest BCUT2D eigenvalue weighted by Gasteiger charge is 2.31. The SMILES string of the molecule is CCN1CCC(N2CCc3cc(S(=O)(=O)c4cc(F)ccc4F)ccc32)CC1.Cl. The van der Waals surface area contributed by atoms with Crippen LogP contribution >= 0.6 is 12.4 Å². The molecule has 158 valence electrons. The number of hydrogen-bond acceptors (Lipinski definition) is 4. The quantitative estimate of drug-likeness (QED) is 0.715. The molecule has 4 rings (SSSR count). The van der Waals surface area contributed by atoms with Crippen LogP contribution in [-0.2, 0) is 16.3 Å². The third-order valence-electron chi connectivity index (χ3n) is 5.92. The van der Waals surface area contributed by atoms with Gasteiger partial charge in [0.05, 0.1) is 4.90 Å². The molecule has 8 heteroatoms. The highest BCUT2D eigenvalue weighted by Crippen LogP contribution is 2.35. The van der Waals surface area contributed by atoms with Crippen LogP contribution in [0.5, 0.6) is 0 Å². The third kappa shape index (κ3) is 4.13. The monoisotopic (exact) mass is 442 g/mol. The molecule has 0 spiro atoms. The summed E-state index contributed by atoms with van der Waals surface area (Å²) in [5.41, 5.74) is 2.02. The fraction of sp³-hybridized carbons (Fsp3) is 0.429. The van der Waals surface area contributed by atoms with Crippen LogP contribution in [-0.4, -0.2) is 45.5 Å². The molecule has 2 aliphatic rings. The van der Waals surface area contributed by atoms with Gasteiger partial charge in [-0.2, -0.15) is 0 Å². The summed E-state index contributed by atoms with van der Waals surface area (Å²) in [4.78, 5) is 4.21. The minimum Gasteiger partial charge on any atom is -0.368 e. The highest BCUT2D eigenvalue weighted by atomic mass is 35.5. The average molecular weight is 443 g/mol. The Hall–Kier alpha value is -1.70. The van der Waals surface area contributed by atoms with E-state index in [-0.39, 0.29) is 17.3 Å². The van der Waals surface area contributed by atoms with Gasteiger partial charge in [0.15, 0.2) is 0 Å². The first-order valence-electron chi connectivity index (χ1n) is 9.72. The second kappa shape index (κ2) is 8.58. The molecule has 29 heavy (non-hydrogen) atoms. The Balaban J connectivity index is 0.00000240. The lowest BCUT2D eigenvalue weighted by Gasteiger charge is -2.37. The van der Waals surface area contributed by atoms with Crippen molar-refractivity contribution < 1.29 is 17.2 Å². The number of sulfone groups is 1. The number of fused-ring (bicyclic) bond motifs is 1. The average Bonchev–Trinajstić information content (AvgIpc) is 3.13. The molecule has 2 aliphatic heterocycles. The largest absolute Gasteiger partial charge is 0.368 e. The van der Waals surface area contributed by atoms with Crippen molar-refractivity contribution in [1.29, 1.82) is 0 Å². The standard InChI is InChI=1S/C21H24F2N2O2S.ClH/c1-2-24-10-8-17(9-11-24)25-12-7-15-13-18(4-6-20(15)25)28(26,27)21-14-16(22)3-5-19(21)23;/h3-6,13-14,17H,2,7-12H2,1H3;1H. The molecule has 0 unspecified atom stereocenters. The number of likely N-dealkylation sites (tertiary alicyclic amines) is 1. The number of benzene rings is 2. The zero-order chi connectivity index (χ0) is 19.9. The molecule has 2 aromatic rings. The minimum atomic E-state index is -4.11. The van der Waals surface area contributed by atoms with Crippen molar-refractivity contribution >= 4 is 27.9 Å². The van der Waals surface area contributed by atoms with Gasteiger partial charge in [-0.25, -0.2) is 17.2 Å². The van der Waals surface area contributed by atoms with Gasteiger partial charge in [-0.3, -0.25) is 0 Å². The van der Waals surface area contributed by atoms with Crippen LogP contribution in [0.15, 0.2) is 46.2 Å². The third-order valence-corrected chi connectivity index (χ3v) is 7.69. The van der Waals surface area contributed by atoms with Crippen molar-refractivity contribution in [3.63, 3.8) is 0 Å². The first-order chi connectivity index (χ1) is 13.4. The molecular formula is C21H25ClF2N2O2S. The number of rotatable bonds is 4. The van der Waals surface area contributed by atoms with Gasteiger partial charge < -0.3 is 9.80 Å². The fourth-order valence-electron chi connectivity index (χ4n) is 4.31. The maximum Gasteiger partial charge on any atom is 0.209 e. The van der Waals surface area contributed by atoms with Crippen LogP contribution in [0.1, 0.15) is 25.3 Å². The van der Waals surface area contributed by atoms with E-state index in [0.29, 0.717) is 6.04 Å². The van der Waals surface area contributed by atoms with Crippen LogP contribution in [0.2, 0.25) is 0 Å². The maximum atomic E-state index is 14.0. The van der Waals surface area contributed by atoms with E-state index in [0.717, 1.165) is 74.9 Å². The van der Waals surface area contributed by atoms with Crippen LogP contribution < -0.4 is 4.90 Å². The summed E-state index contributed by atoms with van der Waals surface area (Å²) >= 11 is 0. The first-order valence-corrected chi connectivity index (χ1v) is 11.2. The maximum absolute atomic E-state index is 14.0. The Bertz CT molecular complexity index is 992. The van der Waals surface area contributed by atoms with Gasteiger partial charge in [0, 0.05) is 31.4 Å². The molecule has 2 aromatic carbocycles. The van der Waals surface area contributed by atoms with E-state index in [1.54, 1.807) is 6.07 Å². The van der Waals surface area contributed by atoms with E-state index >= 15 is 0 Å². The first kappa shape index (κ1) is 22.0. The molecule has 0 aromatic heterocycles. The van der Waals surface area contributed by atoms with Crippen molar-refractivity contribution in [1.82, 2.24) is 4.90 Å². The molecule has 0 atom stereocenters. The molecule has 0 aliphatic carbocycles. The van der Waals surface area contributed by atoms with E-state index in [2.05, 4.69) is 16.7 Å². The lowest BCUT2D eigenvalue weighted by molar-refractivity contribution is 0.219. The van der Waals surface area contributed by atoms with Gasteiger partial charge in [-0.1, -0.05) is 6.92 Å². The molecule has 2 heterocycles. The molecular weight excluding hydrogens is 418 g/mol. The van der Waals surface area contributed by atoms with Crippen LogP contribution in [0.3, 0.4) is 0 Å². The zero-order valence-electron chi connectivity index (χ0n) is 16.3. The highest BCUT2D eigenvalue weighted by molar-refractivity contribution is 7.91. The van der Waals surface area contributed by atoms with Crippen LogP contribution in [0.4, 0.5) is 14.5 Å². The lowest BCUT2D eigenvalue weighted by atomic mass is 10.0. The summed E-state index contributed by atoms with van der Waals surface area (Å²) in [7, 11) is -4.11. The van der Waals surface area contributed by atoms with Crippen molar-refractivity contribution in [3.8, 4) is 0 Å². The van der Waals surface area contributed by atoms with E-state index < -0.39 is 26.4 Å². The van der Waals surface area contributed by atoms with Gasteiger partial charge in [-0.15, -0.1) is 12.4 Å². The van der Waals surface area contributed by atoms with Crippen molar-refractivity contribution in [2.45, 2.75) is 42.0 Å². The number of anilines is 1. The minimum absolute atomic E-state index is 0. The number of halogens is 3. The summed E-state index contributed by atoms with van der Waals surface area (Å²) in [5, 5.41) is 0. The molecule has 0 saturated carbocycles. The summed E-state index contributed by atoms with van der Waals surface area (Å²) in [6.07, 6.45) is 2.96. The van der Waals surface area contributed by atoms with E-state index in [1.165, 1.54) is 6.07 Å². The number of hydrogen-bond donors (Lipinski definition) is 0.